The van der Waals surface area contributed by atoms with Crippen LogP contribution < -0.4 is 4.74 Å². The molecule has 0 saturated carbocycles. The topological polar surface area (TPSA) is 51.7 Å². The van der Waals surface area contributed by atoms with E-state index in [1.54, 1.807) is 12.3 Å². The number of rotatable bonds is 6. The van der Waals surface area contributed by atoms with Crippen LogP contribution in [-0.4, -0.2) is 41.3 Å². The van der Waals surface area contributed by atoms with Gasteiger partial charge in [0.1, 0.15) is 16.5 Å². The molecule has 1 fully saturated rings. The van der Waals surface area contributed by atoms with Gasteiger partial charge in [0.25, 0.3) is 0 Å². The molecule has 140 valence electrons. The molecule has 1 aromatic heterocycles. The van der Waals surface area contributed by atoms with Gasteiger partial charge in [-0.05, 0) is 64.0 Å². The number of amides is 1. The summed E-state index contributed by atoms with van der Waals surface area (Å²) in [5, 5.41) is 0.469. The van der Waals surface area contributed by atoms with Crippen LogP contribution in [0, 0.1) is 11.8 Å². The van der Waals surface area contributed by atoms with Crippen molar-refractivity contribution < 1.29 is 14.3 Å². The predicted octanol–water partition coefficient (Wildman–Crippen LogP) is 4.79. The van der Waals surface area contributed by atoms with Gasteiger partial charge >= 0.3 is 6.09 Å². The predicted molar refractivity (Wildman–Crippen MR) is 99.1 cm³/mol. The summed E-state index contributed by atoms with van der Waals surface area (Å²) in [6.45, 7) is 10.1. The van der Waals surface area contributed by atoms with Gasteiger partial charge in [0.2, 0.25) is 0 Å². The summed E-state index contributed by atoms with van der Waals surface area (Å²) in [6, 6.07) is 3.56. The maximum Gasteiger partial charge on any atom is 0.410 e. The van der Waals surface area contributed by atoms with Gasteiger partial charge in [0.05, 0.1) is 12.8 Å². The Kier molecular flexibility index (Phi) is 6.94. The molecule has 0 radical (unpaired) electrons. The first kappa shape index (κ1) is 19.8. The number of pyridine rings is 1. The first-order valence-electron chi connectivity index (χ1n) is 8.95. The molecule has 2 rings (SSSR count). The molecule has 0 spiro atoms. The number of nitrogens with zero attached hydrogens (tertiary/aromatic N) is 2. The average Bonchev–Trinajstić information content (AvgIpc) is 3.00. The lowest BCUT2D eigenvalue weighted by molar-refractivity contribution is 0.0287. The lowest BCUT2D eigenvalue weighted by atomic mass is 9.97. The molecule has 1 aliphatic rings. The quantitative estimate of drug-likeness (QED) is 0.677. The molecule has 5 nitrogen and oxygen atoms in total. The van der Waals surface area contributed by atoms with Gasteiger partial charge in [-0.1, -0.05) is 18.5 Å². The fourth-order valence-electron chi connectivity index (χ4n) is 2.85. The Morgan fingerprint density at radius 3 is 2.84 bits per heavy atom. The molecule has 1 aromatic rings. The van der Waals surface area contributed by atoms with Gasteiger partial charge in [0.15, 0.2) is 0 Å². The van der Waals surface area contributed by atoms with Crippen LogP contribution in [0.4, 0.5) is 4.79 Å². The molecule has 2 heterocycles. The molecule has 0 aliphatic carbocycles. The summed E-state index contributed by atoms with van der Waals surface area (Å²) in [5.74, 6) is 1.74. The van der Waals surface area contributed by atoms with Gasteiger partial charge in [-0.25, -0.2) is 9.78 Å². The van der Waals surface area contributed by atoms with E-state index in [1.165, 1.54) is 0 Å². The zero-order valence-electron chi connectivity index (χ0n) is 15.6. The molecule has 1 saturated heterocycles. The minimum Gasteiger partial charge on any atom is -0.492 e. The van der Waals surface area contributed by atoms with E-state index in [-0.39, 0.29) is 6.09 Å². The minimum absolute atomic E-state index is 0.193. The van der Waals surface area contributed by atoms with Crippen LogP contribution in [0.5, 0.6) is 5.75 Å². The summed E-state index contributed by atoms with van der Waals surface area (Å²) in [7, 11) is 0. The van der Waals surface area contributed by atoms with E-state index in [1.807, 2.05) is 31.7 Å². The van der Waals surface area contributed by atoms with Crippen LogP contribution in [0.2, 0.25) is 5.15 Å². The van der Waals surface area contributed by atoms with Crippen molar-refractivity contribution in [1.29, 1.82) is 0 Å². The second-order valence-corrected chi connectivity index (χ2v) is 8.28. The van der Waals surface area contributed by atoms with Crippen molar-refractivity contribution in [3.05, 3.63) is 23.5 Å². The number of hydrogen-bond donors (Lipinski definition) is 0. The zero-order chi connectivity index (χ0) is 18.4. The van der Waals surface area contributed by atoms with E-state index in [9.17, 15) is 4.79 Å². The van der Waals surface area contributed by atoms with E-state index in [0.29, 0.717) is 23.6 Å². The molecule has 1 aliphatic heterocycles. The van der Waals surface area contributed by atoms with Gasteiger partial charge in [-0.15, -0.1) is 0 Å². The summed E-state index contributed by atoms with van der Waals surface area (Å²) in [6.07, 6.45) is 4.68. The van der Waals surface area contributed by atoms with Crippen molar-refractivity contribution in [2.24, 2.45) is 11.8 Å². The first-order chi connectivity index (χ1) is 11.7. The SMILES string of the molecule is CC(CCC1CCN(C(=O)OC(C)(C)C)C1)COc1ccc(Cl)nc1. The van der Waals surface area contributed by atoms with Gasteiger partial charge in [0, 0.05) is 13.1 Å². The summed E-state index contributed by atoms with van der Waals surface area (Å²) in [4.78, 5) is 17.9. The highest BCUT2D eigenvalue weighted by Crippen LogP contribution is 2.25. The third kappa shape index (κ3) is 7.10. The van der Waals surface area contributed by atoms with Crippen molar-refractivity contribution >= 4 is 17.7 Å². The van der Waals surface area contributed by atoms with Crippen LogP contribution in [0.25, 0.3) is 0 Å². The van der Waals surface area contributed by atoms with Crippen LogP contribution >= 0.6 is 11.6 Å². The third-order valence-corrected chi connectivity index (χ3v) is 4.46. The van der Waals surface area contributed by atoms with Crippen molar-refractivity contribution in [2.75, 3.05) is 19.7 Å². The highest BCUT2D eigenvalue weighted by Gasteiger charge is 2.29. The summed E-state index contributed by atoms with van der Waals surface area (Å²) in [5.41, 5.74) is -0.433. The monoisotopic (exact) mass is 368 g/mol. The molecule has 6 heteroatoms. The molecule has 0 N–H and O–H groups in total. The molecule has 1 amide bonds. The Labute approximate surface area is 155 Å². The van der Waals surface area contributed by atoms with Crippen LogP contribution in [0.15, 0.2) is 18.3 Å². The number of ether oxygens (including phenoxy) is 2. The highest BCUT2D eigenvalue weighted by atomic mass is 35.5. The largest absolute Gasteiger partial charge is 0.492 e. The highest BCUT2D eigenvalue weighted by molar-refractivity contribution is 6.29. The number of carbonyl (C=O) groups excluding carboxylic acids is 1. The summed E-state index contributed by atoms with van der Waals surface area (Å²) >= 11 is 5.76. The number of hydrogen-bond acceptors (Lipinski definition) is 4. The van der Waals surface area contributed by atoms with Crippen molar-refractivity contribution in [3.8, 4) is 5.75 Å². The van der Waals surface area contributed by atoms with E-state index >= 15 is 0 Å². The number of halogens is 1. The first-order valence-corrected chi connectivity index (χ1v) is 9.33. The van der Waals surface area contributed by atoms with Gasteiger partial charge in [-0.3, -0.25) is 0 Å². The van der Waals surface area contributed by atoms with E-state index in [2.05, 4.69) is 11.9 Å². The normalized spacial score (nSPS) is 18.9. The smallest absolute Gasteiger partial charge is 0.410 e. The van der Waals surface area contributed by atoms with E-state index < -0.39 is 5.60 Å². The van der Waals surface area contributed by atoms with Gasteiger partial charge in [-0.2, -0.15) is 0 Å². The molecule has 0 aromatic carbocycles. The molecular weight excluding hydrogens is 340 g/mol. The Hall–Kier alpha value is -1.49. The fraction of sp³-hybridized carbons (Fsp3) is 0.684. The minimum atomic E-state index is -0.433. The fourth-order valence-corrected chi connectivity index (χ4v) is 2.96. The zero-order valence-corrected chi connectivity index (χ0v) is 16.4. The van der Waals surface area contributed by atoms with Crippen molar-refractivity contribution in [1.82, 2.24) is 9.88 Å². The van der Waals surface area contributed by atoms with Crippen LogP contribution in [-0.2, 0) is 4.74 Å². The Balaban J connectivity index is 1.66. The second kappa shape index (κ2) is 8.75. The Morgan fingerprint density at radius 1 is 1.44 bits per heavy atom. The van der Waals surface area contributed by atoms with Gasteiger partial charge < -0.3 is 14.4 Å². The van der Waals surface area contributed by atoms with Crippen molar-refractivity contribution in [3.63, 3.8) is 0 Å². The molecule has 0 bridgehead atoms. The third-order valence-electron chi connectivity index (χ3n) is 4.24. The second-order valence-electron chi connectivity index (χ2n) is 7.89. The molecule has 25 heavy (non-hydrogen) atoms. The maximum absolute atomic E-state index is 12.1. The van der Waals surface area contributed by atoms with E-state index in [0.717, 1.165) is 38.1 Å². The molecular formula is C19H29ClN2O3. The van der Waals surface area contributed by atoms with E-state index in [4.69, 9.17) is 21.1 Å². The number of likely N-dealkylation sites (tertiary alicyclic amines) is 1. The van der Waals surface area contributed by atoms with Crippen LogP contribution in [0.3, 0.4) is 0 Å². The lowest BCUT2D eigenvalue weighted by Gasteiger charge is -2.24. The molecule has 2 unspecified atom stereocenters. The number of aromatic nitrogens is 1. The molecule has 2 atom stereocenters. The summed E-state index contributed by atoms with van der Waals surface area (Å²) < 4.78 is 11.2. The standard InChI is InChI=1S/C19H29ClN2O3/c1-14(13-24-16-7-8-17(20)21-11-16)5-6-15-9-10-22(12-15)18(23)25-19(2,3)4/h7-8,11,14-15H,5-6,9-10,12-13H2,1-4H3. The Morgan fingerprint density at radius 2 is 2.20 bits per heavy atom. The average molecular weight is 369 g/mol. The lowest BCUT2D eigenvalue weighted by Crippen LogP contribution is -2.35. The van der Waals surface area contributed by atoms with Crippen molar-refractivity contribution in [2.45, 2.75) is 52.6 Å². The maximum atomic E-state index is 12.1. The van der Waals surface area contributed by atoms with Crippen LogP contribution in [0.1, 0.15) is 47.0 Å². The Bertz CT molecular complexity index is 557. The number of carbonyl (C=O) groups is 1.